The van der Waals surface area contributed by atoms with Gasteiger partial charge >= 0.3 is 5.97 Å². The molecule has 0 radical (unpaired) electrons. The number of rotatable bonds is 6. The summed E-state index contributed by atoms with van der Waals surface area (Å²) in [6, 6.07) is 1.35. The lowest BCUT2D eigenvalue weighted by molar-refractivity contribution is 0.0641. The lowest BCUT2D eigenvalue weighted by Crippen LogP contribution is -2.36. The molecule has 1 fully saturated rings. The van der Waals surface area contributed by atoms with Gasteiger partial charge in [0.1, 0.15) is 0 Å². The Morgan fingerprint density at radius 3 is 2.83 bits per heavy atom. The van der Waals surface area contributed by atoms with Crippen LogP contribution in [-0.4, -0.2) is 53.3 Å². The van der Waals surface area contributed by atoms with Crippen LogP contribution in [0.3, 0.4) is 0 Å². The molecule has 2 rings (SSSR count). The minimum Gasteiger partial charge on any atom is -0.475 e. The Morgan fingerprint density at radius 1 is 1.61 bits per heavy atom. The molecule has 1 heterocycles. The van der Waals surface area contributed by atoms with Gasteiger partial charge in [0.15, 0.2) is 5.69 Å². The van der Waals surface area contributed by atoms with Crippen molar-refractivity contribution in [3.8, 4) is 0 Å². The van der Waals surface area contributed by atoms with E-state index >= 15 is 0 Å². The van der Waals surface area contributed by atoms with E-state index < -0.39 is 5.97 Å². The molecule has 0 atom stereocenters. The molecular formula is C11H14N2O5. The first-order valence-electron chi connectivity index (χ1n) is 5.63. The van der Waals surface area contributed by atoms with Crippen LogP contribution >= 0.6 is 0 Å². The standard InChI is InChI=1S/C11H14N2O5/c1-17-5-4-13(7-2-3-7)10(14)8-6-9(11(15)16)18-12-8/h6-7H,2-5H2,1H3,(H,15,16). The van der Waals surface area contributed by atoms with E-state index in [9.17, 15) is 9.59 Å². The molecule has 1 aromatic rings. The number of amides is 1. The van der Waals surface area contributed by atoms with Gasteiger partial charge in [0.2, 0.25) is 5.76 Å². The Kier molecular flexibility index (Phi) is 3.61. The van der Waals surface area contributed by atoms with E-state index in [0.717, 1.165) is 18.9 Å². The molecule has 1 aromatic heterocycles. The molecule has 1 amide bonds. The minimum atomic E-state index is -1.24. The molecule has 0 unspecified atom stereocenters. The highest BCUT2D eigenvalue weighted by Crippen LogP contribution is 2.27. The van der Waals surface area contributed by atoms with Crippen LogP contribution in [0.4, 0.5) is 0 Å². The van der Waals surface area contributed by atoms with Crippen LogP contribution in [0.1, 0.15) is 33.9 Å². The zero-order valence-electron chi connectivity index (χ0n) is 9.96. The predicted octanol–water partition coefficient (Wildman–Crippen LogP) is 0.624. The van der Waals surface area contributed by atoms with Gasteiger partial charge < -0.3 is 19.3 Å². The van der Waals surface area contributed by atoms with Gasteiger partial charge in [-0.05, 0) is 12.8 Å². The molecular weight excluding hydrogens is 240 g/mol. The van der Waals surface area contributed by atoms with Crippen LogP contribution in [0.15, 0.2) is 10.6 Å². The van der Waals surface area contributed by atoms with Crippen LogP contribution in [0.25, 0.3) is 0 Å². The highest BCUT2D eigenvalue weighted by molar-refractivity contribution is 5.95. The smallest absolute Gasteiger partial charge is 0.374 e. The molecule has 7 heteroatoms. The number of carboxylic acids is 1. The number of ether oxygens (including phenoxy) is 1. The number of methoxy groups -OCH3 is 1. The second-order valence-electron chi connectivity index (χ2n) is 4.10. The van der Waals surface area contributed by atoms with E-state index in [-0.39, 0.29) is 23.4 Å². The summed E-state index contributed by atoms with van der Waals surface area (Å²) in [5.74, 6) is -1.89. The van der Waals surface area contributed by atoms with Crippen molar-refractivity contribution in [1.82, 2.24) is 10.1 Å². The second kappa shape index (κ2) is 5.18. The molecule has 7 nitrogen and oxygen atoms in total. The van der Waals surface area contributed by atoms with Crippen LogP contribution in [0.5, 0.6) is 0 Å². The average molecular weight is 254 g/mol. The predicted molar refractivity (Wildman–Crippen MR) is 59.4 cm³/mol. The summed E-state index contributed by atoms with van der Waals surface area (Å²) in [6.07, 6.45) is 1.91. The van der Waals surface area contributed by atoms with Crippen LogP contribution in [0.2, 0.25) is 0 Å². The summed E-state index contributed by atoms with van der Waals surface area (Å²) in [7, 11) is 1.56. The van der Waals surface area contributed by atoms with Crippen molar-refractivity contribution in [2.24, 2.45) is 0 Å². The third-order valence-corrected chi connectivity index (χ3v) is 2.72. The Bertz CT molecular complexity index is 452. The summed E-state index contributed by atoms with van der Waals surface area (Å²) in [6.45, 7) is 0.904. The van der Waals surface area contributed by atoms with Gasteiger partial charge in [0.05, 0.1) is 6.61 Å². The maximum atomic E-state index is 12.1. The van der Waals surface area contributed by atoms with E-state index in [2.05, 4.69) is 9.68 Å². The Hall–Kier alpha value is -1.89. The lowest BCUT2D eigenvalue weighted by atomic mass is 10.3. The van der Waals surface area contributed by atoms with E-state index in [1.165, 1.54) is 0 Å². The molecule has 0 aromatic carbocycles. The number of aromatic nitrogens is 1. The molecule has 18 heavy (non-hydrogen) atoms. The maximum Gasteiger partial charge on any atom is 0.374 e. The van der Waals surface area contributed by atoms with Crippen molar-refractivity contribution < 1.29 is 24.0 Å². The average Bonchev–Trinajstić information content (AvgIpc) is 3.05. The van der Waals surface area contributed by atoms with E-state index in [0.29, 0.717) is 13.2 Å². The number of carbonyl (C=O) groups is 2. The first-order valence-corrected chi connectivity index (χ1v) is 5.63. The normalized spacial score (nSPS) is 14.5. The van der Waals surface area contributed by atoms with Crippen LogP contribution in [-0.2, 0) is 4.74 Å². The second-order valence-corrected chi connectivity index (χ2v) is 4.10. The van der Waals surface area contributed by atoms with Gasteiger partial charge in [-0.2, -0.15) is 0 Å². The first kappa shape index (κ1) is 12.6. The molecule has 1 N–H and O–H groups in total. The SMILES string of the molecule is COCCN(C(=O)c1cc(C(=O)O)on1)C1CC1. The number of aromatic carboxylic acids is 1. The summed E-state index contributed by atoms with van der Waals surface area (Å²) < 4.78 is 9.52. The first-order chi connectivity index (χ1) is 8.63. The highest BCUT2D eigenvalue weighted by atomic mass is 16.5. The van der Waals surface area contributed by atoms with Crippen LogP contribution in [0, 0.1) is 0 Å². The summed E-state index contributed by atoms with van der Waals surface area (Å²) >= 11 is 0. The largest absolute Gasteiger partial charge is 0.475 e. The maximum absolute atomic E-state index is 12.1. The molecule has 1 aliphatic rings. The third kappa shape index (κ3) is 2.67. The Balaban J connectivity index is 2.09. The third-order valence-electron chi connectivity index (χ3n) is 2.72. The molecule has 0 aliphatic heterocycles. The zero-order chi connectivity index (χ0) is 13.1. The van der Waals surface area contributed by atoms with Gasteiger partial charge in [-0.15, -0.1) is 0 Å². The van der Waals surface area contributed by atoms with Crippen molar-refractivity contribution in [2.75, 3.05) is 20.3 Å². The van der Waals surface area contributed by atoms with Gasteiger partial charge in [0.25, 0.3) is 5.91 Å². The van der Waals surface area contributed by atoms with Gasteiger partial charge in [-0.3, -0.25) is 4.79 Å². The topological polar surface area (TPSA) is 92.9 Å². The van der Waals surface area contributed by atoms with Crippen molar-refractivity contribution in [1.29, 1.82) is 0 Å². The quantitative estimate of drug-likeness (QED) is 0.800. The molecule has 0 saturated heterocycles. The monoisotopic (exact) mass is 254 g/mol. The van der Waals surface area contributed by atoms with E-state index in [4.69, 9.17) is 9.84 Å². The van der Waals surface area contributed by atoms with Crippen LogP contribution < -0.4 is 0 Å². The van der Waals surface area contributed by atoms with Crippen molar-refractivity contribution in [3.63, 3.8) is 0 Å². The Labute approximate surface area is 103 Å². The molecule has 1 aliphatic carbocycles. The fourth-order valence-corrected chi connectivity index (χ4v) is 1.65. The van der Waals surface area contributed by atoms with Gasteiger partial charge in [-0.1, -0.05) is 5.16 Å². The number of hydrogen-bond acceptors (Lipinski definition) is 5. The highest BCUT2D eigenvalue weighted by Gasteiger charge is 2.34. The lowest BCUT2D eigenvalue weighted by Gasteiger charge is -2.20. The minimum absolute atomic E-state index is 0.0235. The Morgan fingerprint density at radius 2 is 2.33 bits per heavy atom. The molecule has 1 saturated carbocycles. The number of nitrogens with zero attached hydrogens (tertiary/aromatic N) is 2. The zero-order valence-corrected chi connectivity index (χ0v) is 9.96. The number of hydrogen-bond donors (Lipinski definition) is 1. The molecule has 98 valence electrons. The fraction of sp³-hybridized carbons (Fsp3) is 0.545. The van der Waals surface area contributed by atoms with Gasteiger partial charge in [0, 0.05) is 25.8 Å². The van der Waals surface area contributed by atoms with Crippen molar-refractivity contribution in [3.05, 3.63) is 17.5 Å². The van der Waals surface area contributed by atoms with E-state index in [1.54, 1.807) is 12.0 Å². The summed E-state index contributed by atoms with van der Waals surface area (Å²) in [5, 5.41) is 12.2. The fourth-order valence-electron chi connectivity index (χ4n) is 1.65. The number of carboxylic acid groups (broad SMARTS) is 1. The van der Waals surface area contributed by atoms with E-state index in [1.807, 2.05) is 0 Å². The molecule has 0 spiro atoms. The van der Waals surface area contributed by atoms with Gasteiger partial charge in [-0.25, -0.2) is 4.79 Å². The van der Waals surface area contributed by atoms with Crippen molar-refractivity contribution in [2.45, 2.75) is 18.9 Å². The van der Waals surface area contributed by atoms with Crippen molar-refractivity contribution >= 4 is 11.9 Å². The summed E-state index contributed by atoms with van der Waals surface area (Å²) in [5.41, 5.74) is 0.0235. The number of carbonyl (C=O) groups excluding carboxylic acids is 1. The summed E-state index contributed by atoms with van der Waals surface area (Å²) in [4.78, 5) is 24.4. The molecule has 0 bridgehead atoms.